The van der Waals surface area contributed by atoms with Crippen LogP contribution in [0, 0.1) is 0 Å². The SMILES string of the molecule is O=C(Nc1nc2ccc(Cl)cc2s1)c1ncccc1O. The monoisotopic (exact) mass is 305 g/mol. The average Bonchev–Trinajstić information content (AvgIpc) is 2.80. The molecule has 3 rings (SSSR count). The molecule has 0 atom stereocenters. The summed E-state index contributed by atoms with van der Waals surface area (Å²) in [6, 6.07) is 8.25. The maximum atomic E-state index is 12.0. The molecule has 7 heteroatoms. The van der Waals surface area contributed by atoms with Gasteiger partial charge in [0.15, 0.2) is 10.8 Å². The zero-order valence-corrected chi connectivity index (χ0v) is 11.6. The Morgan fingerprint density at radius 3 is 3.00 bits per heavy atom. The zero-order chi connectivity index (χ0) is 14.1. The predicted molar refractivity (Wildman–Crippen MR) is 78.5 cm³/mol. The molecular weight excluding hydrogens is 298 g/mol. The van der Waals surface area contributed by atoms with Gasteiger partial charge in [0.1, 0.15) is 5.75 Å². The van der Waals surface area contributed by atoms with Gasteiger partial charge in [-0.15, -0.1) is 0 Å². The molecule has 0 aliphatic carbocycles. The number of carbonyl (C=O) groups is 1. The van der Waals surface area contributed by atoms with Crippen LogP contribution in [-0.4, -0.2) is 21.0 Å². The fourth-order valence-electron chi connectivity index (χ4n) is 1.68. The molecule has 1 amide bonds. The van der Waals surface area contributed by atoms with E-state index >= 15 is 0 Å². The van der Waals surface area contributed by atoms with Crippen molar-refractivity contribution < 1.29 is 9.90 Å². The third-order valence-electron chi connectivity index (χ3n) is 2.57. The van der Waals surface area contributed by atoms with Gasteiger partial charge in [-0.05, 0) is 30.3 Å². The summed E-state index contributed by atoms with van der Waals surface area (Å²) in [6.45, 7) is 0. The second-order valence-corrected chi connectivity index (χ2v) is 5.42. The number of carbonyl (C=O) groups excluding carboxylic acids is 1. The number of amides is 1. The maximum Gasteiger partial charge on any atom is 0.279 e. The molecule has 20 heavy (non-hydrogen) atoms. The maximum absolute atomic E-state index is 12.0. The molecule has 0 spiro atoms. The van der Waals surface area contributed by atoms with Crippen LogP contribution in [0.15, 0.2) is 36.5 Å². The standard InChI is InChI=1S/C13H8ClN3O2S/c14-7-3-4-8-10(6-7)20-13(16-8)17-12(19)11-9(18)2-1-5-15-11/h1-6,18H,(H,16,17,19). The van der Waals surface area contributed by atoms with E-state index in [0.717, 1.165) is 10.2 Å². The zero-order valence-electron chi connectivity index (χ0n) is 10.0. The fraction of sp³-hybridized carbons (Fsp3) is 0. The van der Waals surface area contributed by atoms with E-state index in [1.54, 1.807) is 24.3 Å². The number of nitrogens with zero attached hydrogens (tertiary/aromatic N) is 2. The van der Waals surface area contributed by atoms with Crippen molar-refractivity contribution in [2.75, 3.05) is 5.32 Å². The summed E-state index contributed by atoms with van der Waals surface area (Å²) in [7, 11) is 0. The number of thiazole rings is 1. The lowest BCUT2D eigenvalue weighted by Crippen LogP contribution is -2.13. The normalized spacial score (nSPS) is 10.7. The van der Waals surface area contributed by atoms with Crippen LogP contribution in [0.5, 0.6) is 5.75 Å². The first-order chi connectivity index (χ1) is 9.63. The third kappa shape index (κ3) is 2.43. The molecule has 1 aromatic carbocycles. The Balaban J connectivity index is 1.89. The predicted octanol–water partition coefficient (Wildman–Crippen LogP) is 3.30. The van der Waals surface area contributed by atoms with Crippen molar-refractivity contribution in [3.8, 4) is 5.75 Å². The number of rotatable bonds is 2. The van der Waals surface area contributed by atoms with Crippen LogP contribution >= 0.6 is 22.9 Å². The summed E-state index contributed by atoms with van der Waals surface area (Å²) in [5.41, 5.74) is 0.713. The topological polar surface area (TPSA) is 75.1 Å². The van der Waals surface area contributed by atoms with Crippen molar-refractivity contribution >= 4 is 44.2 Å². The van der Waals surface area contributed by atoms with Crippen LogP contribution < -0.4 is 5.32 Å². The van der Waals surface area contributed by atoms with Gasteiger partial charge in [-0.2, -0.15) is 0 Å². The molecule has 0 radical (unpaired) electrons. The summed E-state index contributed by atoms with van der Waals surface area (Å²) in [5, 5.41) is 13.2. The van der Waals surface area contributed by atoms with E-state index in [2.05, 4.69) is 15.3 Å². The van der Waals surface area contributed by atoms with E-state index in [4.69, 9.17) is 11.6 Å². The van der Waals surface area contributed by atoms with Crippen LogP contribution in [0.2, 0.25) is 5.02 Å². The first-order valence-corrected chi connectivity index (χ1v) is 6.84. The Morgan fingerprint density at radius 2 is 2.20 bits per heavy atom. The first-order valence-electron chi connectivity index (χ1n) is 5.65. The molecule has 0 aliphatic heterocycles. The number of nitrogens with one attached hydrogen (secondary N) is 1. The third-order valence-corrected chi connectivity index (χ3v) is 3.74. The molecule has 2 heterocycles. The number of hydrogen-bond donors (Lipinski definition) is 2. The summed E-state index contributed by atoms with van der Waals surface area (Å²) >= 11 is 7.20. The Morgan fingerprint density at radius 1 is 1.35 bits per heavy atom. The van der Waals surface area contributed by atoms with E-state index in [1.165, 1.54) is 23.6 Å². The van der Waals surface area contributed by atoms with Crippen LogP contribution in [-0.2, 0) is 0 Å². The Hall–Kier alpha value is -2.18. The number of aromatic nitrogens is 2. The molecule has 0 saturated carbocycles. The van der Waals surface area contributed by atoms with Crippen molar-refractivity contribution in [3.63, 3.8) is 0 Å². The molecular formula is C13H8ClN3O2S. The van der Waals surface area contributed by atoms with E-state index in [9.17, 15) is 9.90 Å². The van der Waals surface area contributed by atoms with Gasteiger partial charge in [-0.25, -0.2) is 9.97 Å². The van der Waals surface area contributed by atoms with E-state index in [0.29, 0.717) is 10.2 Å². The number of hydrogen-bond acceptors (Lipinski definition) is 5. The molecule has 0 unspecified atom stereocenters. The van der Waals surface area contributed by atoms with Gasteiger partial charge < -0.3 is 5.11 Å². The lowest BCUT2D eigenvalue weighted by atomic mass is 10.3. The van der Waals surface area contributed by atoms with E-state index < -0.39 is 5.91 Å². The van der Waals surface area contributed by atoms with Crippen LogP contribution in [0.1, 0.15) is 10.5 Å². The molecule has 100 valence electrons. The fourth-order valence-corrected chi connectivity index (χ4v) is 2.82. The largest absolute Gasteiger partial charge is 0.505 e. The highest BCUT2D eigenvalue weighted by Gasteiger charge is 2.14. The van der Waals surface area contributed by atoms with Gasteiger partial charge in [0.2, 0.25) is 0 Å². The number of fused-ring (bicyclic) bond motifs is 1. The average molecular weight is 306 g/mol. The van der Waals surface area contributed by atoms with Crippen molar-refractivity contribution in [1.82, 2.24) is 9.97 Å². The minimum Gasteiger partial charge on any atom is -0.505 e. The molecule has 0 saturated heterocycles. The Labute approximate surface area is 122 Å². The van der Waals surface area contributed by atoms with Crippen LogP contribution in [0.25, 0.3) is 10.2 Å². The number of benzene rings is 1. The Kier molecular flexibility index (Phi) is 3.25. The molecule has 5 nitrogen and oxygen atoms in total. The van der Waals surface area contributed by atoms with Crippen LogP contribution in [0.3, 0.4) is 0 Å². The van der Waals surface area contributed by atoms with Gasteiger partial charge >= 0.3 is 0 Å². The molecule has 2 aromatic heterocycles. The highest BCUT2D eigenvalue weighted by Crippen LogP contribution is 2.28. The number of anilines is 1. The highest BCUT2D eigenvalue weighted by atomic mass is 35.5. The smallest absolute Gasteiger partial charge is 0.279 e. The lowest BCUT2D eigenvalue weighted by Gasteiger charge is -2.01. The highest BCUT2D eigenvalue weighted by molar-refractivity contribution is 7.22. The molecule has 0 bridgehead atoms. The molecule has 2 N–H and O–H groups in total. The van der Waals surface area contributed by atoms with Gasteiger partial charge in [0, 0.05) is 11.2 Å². The minimum atomic E-state index is -0.506. The van der Waals surface area contributed by atoms with E-state index in [-0.39, 0.29) is 11.4 Å². The second-order valence-electron chi connectivity index (χ2n) is 3.96. The lowest BCUT2D eigenvalue weighted by molar-refractivity contribution is 0.101. The summed E-state index contributed by atoms with van der Waals surface area (Å²) in [6.07, 6.45) is 1.44. The molecule has 0 aliphatic rings. The van der Waals surface area contributed by atoms with Crippen molar-refractivity contribution in [3.05, 3.63) is 47.2 Å². The minimum absolute atomic E-state index is 0.0372. The van der Waals surface area contributed by atoms with Gasteiger partial charge in [-0.1, -0.05) is 22.9 Å². The molecule has 3 aromatic rings. The quantitative estimate of drug-likeness (QED) is 0.761. The molecule has 0 fully saturated rings. The number of halogens is 1. The van der Waals surface area contributed by atoms with Crippen molar-refractivity contribution in [1.29, 1.82) is 0 Å². The Bertz CT molecular complexity index is 803. The summed E-state index contributed by atoms with van der Waals surface area (Å²) in [4.78, 5) is 20.1. The van der Waals surface area contributed by atoms with Gasteiger partial charge in [-0.3, -0.25) is 10.1 Å². The van der Waals surface area contributed by atoms with Crippen LogP contribution in [0.4, 0.5) is 5.13 Å². The summed E-state index contributed by atoms with van der Waals surface area (Å²) < 4.78 is 0.873. The number of pyridine rings is 1. The van der Waals surface area contributed by atoms with Crippen molar-refractivity contribution in [2.24, 2.45) is 0 Å². The first kappa shape index (κ1) is 12.8. The van der Waals surface area contributed by atoms with Gasteiger partial charge in [0.25, 0.3) is 5.91 Å². The second kappa shape index (κ2) is 5.07. The van der Waals surface area contributed by atoms with Gasteiger partial charge in [0.05, 0.1) is 10.2 Å². The van der Waals surface area contributed by atoms with Crippen molar-refractivity contribution in [2.45, 2.75) is 0 Å². The number of aromatic hydroxyl groups is 1. The summed E-state index contributed by atoms with van der Waals surface area (Å²) in [5.74, 6) is -0.678. The van der Waals surface area contributed by atoms with E-state index in [1.807, 2.05) is 0 Å².